The molecule has 1 saturated carbocycles. The van der Waals surface area contributed by atoms with Crippen LogP contribution in [0.4, 0.5) is 0 Å². The fourth-order valence-electron chi connectivity index (χ4n) is 2.26. The Kier molecular flexibility index (Phi) is 2.18. The van der Waals surface area contributed by atoms with Crippen LogP contribution in [0.3, 0.4) is 0 Å². The van der Waals surface area contributed by atoms with Crippen molar-refractivity contribution in [1.82, 2.24) is 0 Å². The second-order valence-corrected chi connectivity index (χ2v) is 4.17. The quantitative estimate of drug-likeness (QED) is 0.602. The van der Waals surface area contributed by atoms with Crippen LogP contribution in [0.15, 0.2) is 0 Å². The fraction of sp³-hybridized carbons (Fsp3) is 0.900. The number of rotatable bonds is 3. The van der Waals surface area contributed by atoms with E-state index in [1.165, 1.54) is 12.8 Å². The zero-order valence-electron chi connectivity index (χ0n) is 7.42. The first kappa shape index (κ1) is 8.24. The van der Waals surface area contributed by atoms with Gasteiger partial charge in [0, 0.05) is 12.0 Å². The number of ether oxygens (including phenoxy) is 1. The van der Waals surface area contributed by atoms with Crippen LogP contribution in [0, 0.1) is 5.41 Å². The number of carbonyl (C=O) groups is 1. The van der Waals surface area contributed by atoms with Gasteiger partial charge in [0.2, 0.25) is 0 Å². The normalized spacial score (nSPS) is 32.8. The molecule has 2 nitrogen and oxygen atoms in total. The standard InChI is InChI=1S/C10H16O2/c11-8-10(4-2-5-10)7-9-3-1-6-12-9/h8-9H,1-7H2/t9-/m1/s1. The Balaban J connectivity index is 1.87. The predicted octanol–water partition coefficient (Wildman–Crippen LogP) is 1.92. The molecule has 0 radical (unpaired) electrons. The van der Waals surface area contributed by atoms with Gasteiger partial charge < -0.3 is 9.53 Å². The van der Waals surface area contributed by atoms with E-state index in [1.54, 1.807) is 0 Å². The summed E-state index contributed by atoms with van der Waals surface area (Å²) in [6, 6.07) is 0. The van der Waals surface area contributed by atoms with E-state index in [4.69, 9.17) is 4.74 Å². The van der Waals surface area contributed by atoms with E-state index in [0.29, 0.717) is 6.10 Å². The lowest BCUT2D eigenvalue weighted by Gasteiger charge is -2.38. The highest BCUT2D eigenvalue weighted by Crippen LogP contribution is 2.44. The molecular weight excluding hydrogens is 152 g/mol. The van der Waals surface area contributed by atoms with Crippen molar-refractivity contribution in [2.24, 2.45) is 5.41 Å². The third kappa shape index (κ3) is 1.40. The number of hydrogen-bond acceptors (Lipinski definition) is 2. The van der Waals surface area contributed by atoms with Crippen molar-refractivity contribution in [3.8, 4) is 0 Å². The van der Waals surface area contributed by atoms with Crippen LogP contribution < -0.4 is 0 Å². The van der Waals surface area contributed by atoms with Crippen molar-refractivity contribution in [3.05, 3.63) is 0 Å². The molecular formula is C10H16O2. The van der Waals surface area contributed by atoms with Crippen molar-refractivity contribution in [3.63, 3.8) is 0 Å². The molecule has 0 amide bonds. The van der Waals surface area contributed by atoms with Crippen LogP contribution in [-0.2, 0) is 9.53 Å². The van der Waals surface area contributed by atoms with Crippen LogP contribution in [0.1, 0.15) is 38.5 Å². The van der Waals surface area contributed by atoms with Gasteiger partial charge in [-0.25, -0.2) is 0 Å². The lowest BCUT2D eigenvalue weighted by atomic mass is 9.66. The van der Waals surface area contributed by atoms with Crippen molar-refractivity contribution in [2.75, 3.05) is 6.61 Å². The summed E-state index contributed by atoms with van der Waals surface area (Å²) < 4.78 is 5.53. The number of hydrogen-bond donors (Lipinski definition) is 0. The molecule has 0 N–H and O–H groups in total. The number of aldehydes is 1. The molecule has 12 heavy (non-hydrogen) atoms. The maximum Gasteiger partial charge on any atom is 0.126 e. The van der Waals surface area contributed by atoms with E-state index >= 15 is 0 Å². The fourth-order valence-corrected chi connectivity index (χ4v) is 2.26. The monoisotopic (exact) mass is 168 g/mol. The molecule has 2 heteroatoms. The van der Waals surface area contributed by atoms with Crippen molar-refractivity contribution in [2.45, 2.75) is 44.6 Å². The first-order chi connectivity index (χ1) is 5.85. The highest BCUT2D eigenvalue weighted by Gasteiger charge is 2.39. The van der Waals surface area contributed by atoms with E-state index < -0.39 is 0 Å². The van der Waals surface area contributed by atoms with Gasteiger partial charge in [0.05, 0.1) is 6.10 Å². The van der Waals surface area contributed by atoms with Crippen LogP contribution in [0.25, 0.3) is 0 Å². The van der Waals surface area contributed by atoms with Gasteiger partial charge in [0.15, 0.2) is 0 Å². The third-order valence-corrected chi connectivity index (χ3v) is 3.26. The molecule has 2 fully saturated rings. The minimum Gasteiger partial charge on any atom is -0.378 e. The van der Waals surface area contributed by atoms with E-state index in [-0.39, 0.29) is 5.41 Å². The Morgan fingerprint density at radius 1 is 1.42 bits per heavy atom. The van der Waals surface area contributed by atoms with Crippen LogP contribution in [-0.4, -0.2) is 19.0 Å². The summed E-state index contributed by atoms with van der Waals surface area (Å²) >= 11 is 0. The minimum atomic E-state index is 0.0228. The molecule has 1 saturated heterocycles. The molecule has 1 atom stereocenters. The van der Waals surface area contributed by atoms with Gasteiger partial charge in [-0.2, -0.15) is 0 Å². The Hall–Kier alpha value is -0.370. The lowest BCUT2D eigenvalue weighted by Crippen LogP contribution is -2.34. The highest BCUT2D eigenvalue weighted by molar-refractivity contribution is 5.60. The Morgan fingerprint density at radius 3 is 2.67 bits per heavy atom. The molecule has 0 unspecified atom stereocenters. The molecule has 2 rings (SSSR count). The summed E-state index contributed by atoms with van der Waals surface area (Å²) in [6.45, 7) is 0.902. The molecule has 2 aliphatic rings. The highest BCUT2D eigenvalue weighted by atomic mass is 16.5. The van der Waals surface area contributed by atoms with Gasteiger partial charge in [0.1, 0.15) is 6.29 Å². The van der Waals surface area contributed by atoms with E-state index in [0.717, 1.165) is 38.6 Å². The maximum absolute atomic E-state index is 10.8. The molecule has 0 aromatic rings. The molecule has 0 aromatic heterocycles. The van der Waals surface area contributed by atoms with Crippen LogP contribution >= 0.6 is 0 Å². The smallest absolute Gasteiger partial charge is 0.126 e. The lowest BCUT2D eigenvalue weighted by molar-refractivity contribution is -0.123. The second kappa shape index (κ2) is 3.17. The first-order valence-corrected chi connectivity index (χ1v) is 4.93. The van der Waals surface area contributed by atoms with E-state index in [2.05, 4.69) is 0 Å². The second-order valence-electron chi connectivity index (χ2n) is 4.17. The molecule has 0 aromatic carbocycles. The average Bonchev–Trinajstić information content (AvgIpc) is 2.49. The van der Waals surface area contributed by atoms with Crippen molar-refractivity contribution >= 4 is 6.29 Å². The number of carbonyl (C=O) groups excluding carboxylic acids is 1. The zero-order chi connectivity index (χ0) is 8.44. The van der Waals surface area contributed by atoms with Crippen LogP contribution in [0.5, 0.6) is 0 Å². The summed E-state index contributed by atoms with van der Waals surface area (Å²) in [6.07, 6.45) is 8.29. The summed E-state index contributed by atoms with van der Waals surface area (Å²) in [5.74, 6) is 0. The minimum absolute atomic E-state index is 0.0228. The Bertz CT molecular complexity index is 167. The summed E-state index contributed by atoms with van der Waals surface area (Å²) in [7, 11) is 0. The molecule has 1 aliphatic heterocycles. The van der Waals surface area contributed by atoms with Crippen molar-refractivity contribution in [1.29, 1.82) is 0 Å². The van der Waals surface area contributed by atoms with Gasteiger partial charge in [0.25, 0.3) is 0 Å². The maximum atomic E-state index is 10.8. The molecule has 1 heterocycles. The predicted molar refractivity (Wildman–Crippen MR) is 45.9 cm³/mol. The van der Waals surface area contributed by atoms with Gasteiger partial charge in [-0.1, -0.05) is 6.42 Å². The van der Waals surface area contributed by atoms with Gasteiger partial charge in [-0.15, -0.1) is 0 Å². The largest absolute Gasteiger partial charge is 0.378 e. The Labute approximate surface area is 73.3 Å². The first-order valence-electron chi connectivity index (χ1n) is 4.93. The van der Waals surface area contributed by atoms with E-state index in [1.807, 2.05) is 0 Å². The third-order valence-electron chi connectivity index (χ3n) is 3.26. The molecule has 0 spiro atoms. The van der Waals surface area contributed by atoms with Gasteiger partial charge in [-0.05, 0) is 32.1 Å². The van der Waals surface area contributed by atoms with Crippen molar-refractivity contribution < 1.29 is 9.53 Å². The summed E-state index contributed by atoms with van der Waals surface area (Å²) in [4.78, 5) is 10.8. The average molecular weight is 168 g/mol. The summed E-state index contributed by atoms with van der Waals surface area (Å²) in [5.41, 5.74) is 0.0228. The molecule has 1 aliphatic carbocycles. The SMILES string of the molecule is O=CC1(C[C@H]2CCCO2)CCC1. The zero-order valence-corrected chi connectivity index (χ0v) is 7.42. The van der Waals surface area contributed by atoms with E-state index in [9.17, 15) is 4.79 Å². The Morgan fingerprint density at radius 2 is 2.25 bits per heavy atom. The van der Waals surface area contributed by atoms with Crippen LogP contribution in [0.2, 0.25) is 0 Å². The molecule has 0 bridgehead atoms. The molecule has 68 valence electrons. The van der Waals surface area contributed by atoms with Gasteiger partial charge >= 0.3 is 0 Å². The summed E-state index contributed by atoms with van der Waals surface area (Å²) in [5, 5.41) is 0. The topological polar surface area (TPSA) is 26.3 Å². The van der Waals surface area contributed by atoms with Gasteiger partial charge in [-0.3, -0.25) is 0 Å².